The number of carbonyl (C=O) groups is 2. The van der Waals surface area contributed by atoms with E-state index in [1.807, 2.05) is 38.1 Å². The molecule has 1 aliphatic heterocycles. The number of nitrogens with zero attached hydrogens (tertiary/aromatic N) is 1. The zero-order valence-electron chi connectivity index (χ0n) is 15.0. The second kappa shape index (κ2) is 7.13. The van der Waals surface area contributed by atoms with E-state index in [0.29, 0.717) is 25.1 Å². The second-order valence-corrected chi connectivity index (χ2v) is 6.38. The van der Waals surface area contributed by atoms with Gasteiger partial charge in [0.1, 0.15) is 0 Å². The molecule has 1 aromatic heterocycles. The van der Waals surface area contributed by atoms with Crippen molar-refractivity contribution in [1.29, 1.82) is 0 Å². The van der Waals surface area contributed by atoms with E-state index >= 15 is 0 Å². The largest absolute Gasteiger partial charge is 0.462 e. The Morgan fingerprint density at radius 2 is 2.04 bits per heavy atom. The van der Waals surface area contributed by atoms with Crippen molar-refractivity contribution in [3.8, 4) is 0 Å². The van der Waals surface area contributed by atoms with Crippen molar-refractivity contribution >= 4 is 28.4 Å². The lowest BCUT2D eigenvalue weighted by molar-refractivity contribution is -0.136. The molecule has 2 heterocycles. The van der Waals surface area contributed by atoms with Crippen LogP contribution in [0.4, 0.5) is 0 Å². The summed E-state index contributed by atoms with van der Waals surface area (Å²) in [5.74, 6) is -0.439. The van der Waals surface area contributed by atoms with Crippen LogP contribution in [0.15, 0.2) is 30.5 Å². The molecule has 1 aromatic carbocycles. The zero-order valence-corrected chi connectivity index (χ0v) is 15.0. The fourth-order valence-corrected chi connectivity index (χ4v) is 3.20. The first-order valence-electron chi connectivity index (χ1n) is 8.86. The molecule has 3 rings (SSSR count). The molecule has 25 heavy (non-hydrogen) atoms. The summed E-state index contributed by atoms with van der Waals surface area (Å²) in [4.78, 5) is 30.2. The third-order valence-electron chi connectivity index (χ3n) is 4.78. The van der Waals surface area contributed by atoms with E-state index in [1.165, 1.54) is 0 Å². The van der Waals surface area contributed by atoms with Crippen molar-refractivity contribution in [3.63, 3.8) is 0 Å². The molecule has 1 aliphatic rings. The lowest BCUT2D eigenvalue weighted by Crippen LogP contribution is -2.32. The highest BCUT2D eigenvalue weighted by atomic mass is 16.5. The van der Waals surface area contributed by atoms with Gasteiger partial charge in [-0.1, -0.05) is 32.0 Å². The van der Waals surface area contributed by atoms with Gasteiger partial charge >= 0.3 is 5.97 Å². The van der Waals surface area contributed by atoms with E-state index in [2.05, 4.69) is 4.98 Å². The van der Waals surface area contributed by atoms with E-state index in [0.717, 1.165) is 28.6 Å². The number of nitrogens with one attached hydrogen (secondary N) is 1. The Bertz CT molecular complexity index is 835. The average Bonchev–Trinajstić information content (AvgIpc) is 2.88. The molecule has 2 aromatic rings. The molecule has 0 saturated heterocycles. The van der Waals surface area contributed by atoms with Gasteiger partial charge in [0.25, 0.3) is 0 Å². The van der Waals surface area contributed by atoms with Crippen molar-refractivity contribution in [1.82, 2.24) is 9.88 Å². The van der Waals surface area contributed by atoms with Crippen molar-refractivity contribution in [2.24, 2.45) is 5.92 Å². The first kappa shape index (κ1) is 17.3. The minimum Gasteiger partial charge on any atom is -0.462 e. The molecular weight excluding hydrogens is 316 g/mol. The second-order valence-electron chi connectivity index (χ2n) is 6.38. The zero-order chi connectivity index (χ0) is 18.0. The third-order valence-corrected chi connectivity index (χ3v) is 4.78. The predicted molar refractivity (Wildman–Crippen MR) is 97.8 cm³/mol. The van der Waals surface area contributed by atoms with Gasteiger partial charge in [0.2, 0.25) is 5.91 Å². The smallest absolute Gasteiger partial charge is 0.341 e. The van der Waals surface area contributed by atoms with Gasteiger partial charge in [0.15, 0.2) is 0 Å². The first-order valence-corrected chi connectivity index (χ1v) is 8.86. The Morgan fingerprint density at radius 1 is 1.28 bits per heavy atom. The summed E-state index contributed by atoms with van der Waals surface area (Å²) in [6.45, 7) is 6.54. The molecule has 0 aliphatic carbocycles. The summed E-state index contributed by atoms with van der Waals surface area (Å²) >= 11 is 0. The van der Waals surface area contributed by atoms with Crippen LogP contribution in [-0.4, -0.2) is 34.9 Å². The van der Waals surface area contributed by atoms with Crippen LogP contribution in [0, 0.1) is 5.92 Å². The normalized spacial score (nSPS) is 15.3. The van der Waals surface area contributed by atoms with Crippen molar-refractivity contribution in [2.45, 2.75) is 33.6 Å². The lowest BCUT2D eigenvalue weighted by Gasteiger charge is -2.21. The number of hydrogen-bond donors (Lipinski definition) is 1. The maximum absolute atomic E-state index is 12.7. The number of rotatable bonds is 4. The highest BCUT2D eigenvalue weighted by Crippen LogP contribution is 2.31. The van der Waals surface area contributed by atoms with Crippen LogP contribution in [0.1, 0.15) is 38.4 Å². The molecule has 0 radical (unpaired) electrons. The van der Waals surface area contributed by atoms with Gasteiger partial charge in [0, 0.05) is 29.6 Å². The molecular formula is C20H24N2O3. The number of para-hydroxylation sites is 1. The quantitative estimate of drug-likeness (QED) is 0.867. The van der Waals surface area contributed by atoms with Gasteiger partial charge < -0.3 is 14.6 Å². The van der Waals surface area contributed by atoms with E-state index in [9.17, 15) is 9.59 Å². The fraction of sp³-hybridized carbons (Fsp3) is 0.400. The number of H-pyrrole nitrogens is 1. The number of benzene rings is 1. The number of aromatic nitrogens is 1. The molecule has 5 heteroatoms. The van der Waals surface area contributed by atoms with E-state index in [1.54, 1.807) is 18.0 Å². The minimum absolute atomic E-state index is 0.0405. The van der Waals surface area contributed by atoms with Crippen molar-refractivity contribution in [3.05, 3.63) is 41.7 Å². The van der Waals surface area contributed by atoms with Crippen LogP contribution in [0.25, 0.3) is 16.5 Å². The van der Waals surface area contributed by atoms with Gasteiger partial charge in [-0.3, -0.25) is 4.79 Å². The highest BCUT2D eigenvalue weighted by Gasteiger charge is 2.28. The number of esters is 1. The Labute approximate surface area is 147 Å². The first-order chi connectivity index (χ1) is 12.1. The van der Waals surface area contributed by atoms with E-state index in [-0.39, 0.29) is 11.8 Å². The molecule has 0 bridgehead atoms. The summed E-state index contributed by atoms with van der Waals surface area (Å²) < 4.78 is 5.24. The molecule has 1 unspecified atom stereocenters. The maximum Gasteiger partial charge on any atom is 0.341 e. The Balaban J connectivity index is 2.10. The molecule has 1 atom stereocenters. The van der Waals surface area contributed by atoms with Crippen LogP contribution < -0.4 is 0 Å². The van der Waals surface area contributed by atoms with Gasteiger partial charge in [-0.15, -0.1) is 0 Å². The van der Waals surface area contributed by atoms with Crippen LogP contribution in [0.5, 0.6) is 0 Å². The Kier molecular flexibility index (Phi) is 4.93. The number of ether oxygens (including phenoxy) is 1. The molecule has 132 valence electrons. The maximum atomic E-state index is 12.7. The Hall–Kier alpha value is -2.56. The predicted octanol–water partition coefficient (Wildman–Crippen LogP) is 3.50. The fourth-order valence-electron chi connectivity index (χ4n) is 3.20. The van der Waals surface area contributed by atoms with Crippen LogP contribution in [-0.2, 0) is 20.7 Å². The Morgan fingerprint density at radius 3 is 2.76 bits per heavy atom. The molecule has 0 spiro atoms. The average molecular weight is 340 g/mol. The van der Waals surface area contributed by atoms with Crippen molar-refractivity contribution < 1.29 is 14.3 Å². The number of carbonyl (C=O) groups excluding carboxylic acids is 2. The number of fused-ring (bicyclic) bond motifs is 3. The molecule has 5 nitrogen and oxygen atoms in total. The van der Waals surface area contributed by atoms with Crippen LogP contribution >= 0.6 is 0 Å². The highest BCUT2D eigenvalue weighted by molar-refractivity contribution is 6.18. The van der Waals surface area contributed by atoms with Crippen LogP contribution in [0.2, 0.25) is 0 Å². The summed E-state index contributed by atoms with van der Waals surface area (Å²) in [5.41, 5.74) is 3.24. The van der Waals surface area contributed by atoms with Gasteiger partial charge in [0.05, 0.1) is 17.9 Å². The topological polar surface area (TPSA) is 62.4 Å². The summed E-state index contributed by atoms with van der Waals surface area (Å²) in [6, 6.07) is 7.98. The molecule has 0 saturated carbocycles. The summed E-state index contributed by atoms with van der Waals surface area (Å²) in [7, 11) is 0. The van der Waals surface area contributed by atoms with Gasteiger partial charge in [-0.25, -0.2) is 4.79 Å². The van der Waals surface area contributed by atoms with Gasteiger partial charge in [-0.05, 0) is 31.4 Å². The minimum atomic E-state index is -0.404. The third kappa shape index (κ3) is 3.18. The standard InChI is InChI=1S/C20H24N2O3/c1-4-13(3)19(23)22-11-10-15-14-8-6-7-9-17(14)21-18(15)16(12-22)20(24)25-5-2/h6-9,12-13,21H,4-5,10-11H2,1-3H3. The summed E-state index contributed by atoms with van der Waals surface area (Å²) in [5, 5.41) is 1.09. The lowest BCUT2D eigenvalue weighted by atomic mass is 10.0. The number of aromatic amines is 1. The molecule has 1 N–H and O–H groups in total. The molecule has 1 amide bonds. The van der Waals surface area contributed by atoms with Crippen molar-refractivity contribution in [2.75, 3.05) is 13.2 Å². The SMILES string of the molecule is CCOC(=O)C1=CN(C(=O)C(C)CC)CCc2c1[nH]c1ccccc21. The van der Waals surface area contributed by atoms with Gasteiger partial charge in [-0.2, -0.15) is 0 Å². The number of amides is 1. The monoisotopic (exact) mass is 340 g/mol. The number of hydrogen-bond acceptors (Lipinski definition) is 3. The summed E-state index contributed by atoms with van der Waals surface area (Å²) in [6.07, 6.45) is 3.13. The molecule has 0 fully saturated rings. The van der Waals surface area contributed by atoms with Crippen LogP contribution in [0.3, 0.4) is 0 Å². The van der Waals surface area contributed by atoms with E-state index < -0.39 is 5.97 Å². The van der Waals surface area contributed by atoms with E-state index in [4.69, 9.17) is 4.74 Å².